The predicted molar refractivity (Wildman–Crippen MR) is 110 cm³/mol. The molecule has 0 unspecified atom stereocenters. The van der Waals surface area contributed by atoms with Gasteiger partial charge < -0.3 is 16.0 Å². The van der Waals surface area contributed by atoms with Gasteiger partial charge in [-0.15, -0.1) is 0 Å². The monoisotopic (exact) mass is 389 g/mol. The lowest BCUT2D eigenvalue weighted by Gasteiger charge is -2.23. The molecule has 4 rings (SSSR count). The largest absolute Gasteiger partial charge is 0.326 e. The fraction of sp³-hybridized carbons (Fsp3) is 0.143. The fourth-order valence-electron chi connectivity index (χ4n) is 3.18. The van der Waals surface area contributed by atoms with Crippen LogP contribution in [0.2, 0.25) is 0 Å². The molecule has 0 saturated heterocycles. The molecule has 0 spiro atoms. The average Bonchev–Trinajstić information content (AvgIpc) is 2.69. The number of carbonyl (C=O) groups excluding carboxylic acids is 2. The standard InChI is InChI=1S/C21H19N5O3/c1-12-7-9-14(10-8-12)23-21-25-18-17(20(29)26-21)15(11-16(27)24-18)19(28)22-13-5-3-2-4-6-13/h2-10,15H,11H2,1H3,(H,22,28)(H3,23,24,25,26,27,29)/t15-/m0/s1. The van der Waals surface area contributed by atoms with Crippen molar-refractivity contribution in [3.8, 4) is 0 Å². The summed E-state index contributed by atoms with van der Waals surface area (Å²) in [6.45, 7) is 1.97. The van der Waals surface area contributed by atoms with Gasteiger partial charge >= 0.3 is 0 Å². The van der Waals surface area contributed by atoms with Gasteiger partial charge in [0.05, 0.1) is 11.5 Å². The lowest BCUT2D eigenvalue weighted by Crippen LogP contribution is -2.36. The first-order valence-electron chi connectivity index (χ1n) is 9.13. The van der Waals surface area contributed by atoms with Crippen molar-refractivity contribution in [3.63, 3.8) is 0 Å². The number of nitrogens with one attached hydrogen (secondary N) is 4. The van der Waals surface area contributed by atoms with E-state index in [0.29, 0.717) is 5.69 Å². The Hall–Kier alpha value is -3.94. The maximum atomic E-state index is 12.7. The molecule has 1 aromatic heterocycles. The number of hydrogen-bond acceptors (Lipinski definition) is 5. The van der Waals surface area contributed by atoms with E-state index in [1.807, 2.05) is 37.3 Å². The van der Waals surface area contributed by atoms with Crippen molar-refractivity contribution in [2.24, 2.45) is 0 Å². The van der Waals surface area contributed by atoms with E-state index in [1.165, 1.54) is 0 Å². The number of benzene rings is 2. The number of fused-ring (bicyclic) bond motifs is 1. The molecule has 0 bridgehead atoms. The molecule has 1 aliphatic heterocycles. The average molecular weight is 389 g/mol. The van der Waals surface area contributed by atoms with Crippen LogP contribution in [-0.4, -0.2) is 21.8 Å². The molecule has 2 amide bonds. The van der Waals surface area contributed by atoms with Crippen LogP contribution < -0.4 is 21.5 Å². The predicted octanol–water partition coefficient (Wildman–Crippen LogP) is 2.89. The van der Waals surface area contributed by atoms with Gasteiger partial charge in [-0.2, -0.15) is 4.98 Å². The van der Waals surface area contributed by atoms with Crippen molar-refractivity contribution in [2.45, 2.75) is 19.3 Å². The first-order valence-corrected chi connectivity index (χ1v) is 9.13. The highest BCUT2D eigenvalue weighted by Crippen LogP contribution is 2.30. The van der Waals surface area contributed by atoms with E-state index < -0.39 is 17.4 Å². The summed E-state index contributed by atoms with van der Waals surface area (Å²) in [5.41, 5.74) is 2.10. The molecule has 146 valence electrons. The Morgan fingerprint density at radius 1 is 1.03 bits per heavy atom. The minimum absolute atomic E-state index is 0.0906. The number of para-hydroxylation sites is 1. The highest BCUT2D eigenvalue weighted by atomic mass is 16.2. The third-order valence-corrected chi connectivity index (χ3v) is 4.62. The zero-order valence-electron chi connectivity index (χ0n) is 15.7. The van der Waals surface area contributed by atoms with Gasteiger partial charge in [-0.1, -0.05) is 35.9 Å². The summed E-state index contributed by atoms with van der Waals surface area (Å²) in [4.78, 5) is 44.6. The first kappa shape index (κ1) is 18.4. The van der Waals surface area contributed by atoms with Gasteiger partial charge in [0.15, 0.2) is 0 Å². The highest BCUT2D eigenvalue weighted by molar-refractivity contribution is 6.04. The maximum absolute atomic E-state index is 12.7. The molecule has 1 aliphatic rings. The maximum Gasteiger partial charge on any atom is 0.258 e. The van der Waals surface area contributed by atoms with E-state index in [1.54, 1.807) is 24.3 Å². The molecule has 0 radical (unpaired) electrons. The lowest BCUT2D eigenvalue weighted by molar-refractivity contribution is -0.123. The van der Waals surface area contributed by atoms with Crippen LogP contribution in [0.3, 0.4) is 0 Å². The Kier molecular flexibility index (Phi) is 4.82. The molecule has 0 aliphatic carbocycles. The van der Waals surface area contributed by atoms with E-state index in [2.05, 4.69) is 25.9 Å². The molecule has 4 N–H and O–H groups in total. The fourth-order valence-corrected chi connectivity index (χ4v) is 3.18. The molecule has 8 heteroatoms. The van der Waals surface area contributed by atoms with Crippen LogP contribution in [0.4, 0.5) is 23.1 Å². The molecule has 0 saturated carbocycles. The molecule has 1 atom stereocenters. The summed E-state index contributed by atoms with van der Waals surface area (Å²) < 4.78 is 0. The Morgan fingerprint density at radius 3 is 2.48 bits per heavy atom. The number of hydrogen-bond donors (Lipinski definition) is 4. The SMILES string of the molecule is Cc1ccc(Nc2nc3c(c(=O)[nH]2)[C@@H](C(=O)Nc2ccccc2)CC(=O)N3)cc1. The van der Waals surface area contributed by atoms with Gasteiger partial charge in [-0.3, -0.25) is 19.4 Å². The Labute approximate surface area is 166 Å². The van der Waals surface area contributed by atoms with E-state index >= 15 is 0 Å². The molecule has 3 aromatic rings. The summed E-state index contributed by atoms with van der Waals surface area (Å²) >= 11 is 0. The number of H-pyrrole nitrogens is 1. The van der Waals surface area contributed by atoms with E-state index in [-0.39, 0.29) is 29.7 Å². The molecule has 29 heavy (non-hydrogen) atoms. The number of carbonyl (C=O) groups is 2. The zero-order valence-corrected chi connectivity index (χ0v) is 15.7. The zero-order chi connectivity index (χ0) is 20.4. The first-order chi connectivity index (χ1) is 14.0. The van der Waals surface area contributed by atoms with Crippen molar-refractivity contribution in [1.82, 2.24) is 9.97 Å². The quantitative estimate of drug-likeness (QED) is 0.548. The molecular formula is C21H19N5O3. The number of amides is 2. The number of anilines is 4. The second kappa shape index (κ2) is 7.59. The normalized spacial score (nSPS) is 15.2. The molecule has 0 fully saturated rings. The molecular weight excluding hydrogens is 370 g/mol. The third-order valence-electron chi connectivity index (χ3n) is 4.62. The minimum Gasteiger partial charge on any atom is -0.326 e. The summed E-state index contributed by atoms with van der Waals surface area (Å²) in [5.74, 6) is -1.46. The topological polar surface area (TPSA) is 116 Å². The van der Waals surface area contributed by atoms with Gasteiger partial charge in [0, 0.05) is 17.8 Å². The van der Waals surface area contributed by atoms with Crippen LogP contribution in [0.1, 0.15) is 23.5 Å². The van der Waals surface area contributed by atoms with Gasteiger partial charge in [0.25, 0.3) is 5.56 Å². The van der Waals surface area contributed by atoms with Crippen LogP contribution in [0.5, 0.6) is 0 Å². The number of nitrogens with zero attached hydrogens (tertiary/aromatic N) is 1. The van der Waals surface area contributed by atoms with E-state index in [4.69, 9.17) is 0 Å². The minimum atomic E-state index is -0.927. The third kappa shape index (κ3) is 4.01. The number of aryl methyl sites for hydroxylation is 1. The van der Waals surface area contributed by atoms with Crippen LogP contribution >= 0.6 is 0 Å². The van der Waals surface area contributed by atoms with E-state index in [0.717, 1.165) is 11.3 Å². The van der Waals surface area contributed by atoms with E-state index in [9.17, 15) is 14.4 Å². The summed E-state index contributed by atoms with van der Waals surface area (Å²) in [5, 5.41) is 8.34. The van der Waals surface area contributed by atoms with Gasteiger partial charge in [0.1, 0.15) is 5.82 Å². The number of aromatic nitrogens is 2. The van der Waals surface area contributed by atoms with Gasteiger partial charge in [-0.25, -0.2) is 0 Å². The highest BCUT2D eigenvalue weighted by Gasteiger charge is 2.34. The van der Waals surface area contributed by atoms with Crippen molar-refractivity contribution in [3.05, 3.63) is 76.1 Å². The molecule has 8 nitrogen and oxygen atoms in total. The lowest BCUT2D eigenvalue weighted by atomic mass is 9.92. The number of rotatable bonds is 4. The Morgan fingerprint density at radius 2 is 1.76 bits per heavy atom. The summed E-state index contributed by atoms with van der Waals surface area (Å²) in [6, 6.07) is 16.4. The molecule has 2 heterocycles. The summed E-state index contributed by atoms with van der Waals surface area (Å²) in [6.07, 6.45) is -0.124. The van der Waals surface area contributed by atoms with Crippen LogP contribution in [0, 0.1) is 6.92 Å². The molecule has 2 aromatic carbocycles. The van der Waals surface area contributed by atoms with Crippen LogP contribution in [0.15, 0.2) is 59.4 Å². The second-order valence-electron chi connectivity index (χ2n) is 6.83. The Bertz CT molecular complexity index is 1120. The van der Waals surface area contributed by atoms with Crippen molar-refractivity contribution in [2.75, 3.05) is 16.0 Å². The smallest absolute Gasteiger partial charge is 0.258 e. The van der Waals surface area contributed by atoms with Crippen molar-refractivity contribution >= 4 is 35.0 Å². The second-order valence-corrected chi connectivity index (χ2v) is 6.83. The van der Waals surface area contributed by atoms with Crippen LogP contribution in [-0.2, 0) is 9.59 Å². The number of aromatic amines is 1. The van der Waals surface area contributed by atoms with Gasteiger partial charge in [-0.05, 0) is 31.2 Å². The van der Waals surface area contributed by atoms with Crippen LogP contribution in [0.25, 0.3) is 0 Å². The van der Waals surface area contributed by atoms with Crippen molar-refractivity contribution in [1.29, 1.82) is 0 Å². The summed E-state index contributed by atoms with van der Waals surface area (Å²) in [7, 11) is 0. The van der Waals surface area contributed by atoms with Gasteiger partial charge in [0.2, 0.25) is 17.8 Å². The van der Waals surface area contributed by atoms with Crippen molar-refractivity contribution < 1.29 is 9.59 Å². The Balaban J connectivity index is 1.64.